The van der Waals surface area contributed by atoms with Crippen molar-refractivity contribution in [2.24, 2.45) is 11.5 Å². The number of ether oxygens (including phenoxy) is 1. The molecule has 0 saturated heterocycles. The second-order valence-electron chi connectivity index (χ2n) is 4.22. The monoisotopic (exact) mass is 256 g/mol. The standard InChI is InChI=1S/C15H16N2O2/c16-14(15(17)18)12-6-8-13(9-7-12)19-10-11-4-2-1-3-5-11/h1-9,14H,10,16H2,(H2,17,18)/t14-/m0/s1. The van der Waals surface area contributed by atoms with Crippen LogP contribution in [-0.2, 0) is 11.4 Å². The van der Waals surface area contributed by atoms with Gasteiger partial charge in [0.2, 0.25) is 5.91 Å². The van der Waals surface area contributed by atoms with Crippen molar-refractivity contribution in [3.63, 3.8) is 0 Å². The minimum atomic E-state index is -0.775. The normalized spacial score (nSPS) is 11.8. The molecule has 4 N–H and O–H groups in total. The highest BCUT2D eigenvalue weighted by Crippen LogP contribution is 2.17. The average Bonchev–Trinajstić information content (AvgIpc) is 2.46. The van der Waals surface area contributed by atoms with Gasteiger partial charge in [-0.15, -0.1) is 0 Å². The third-order valence-corrected chi connectivity index (χ3v) is 2.79. The Morgan fingerprint density at radius 2 is 1.68 bits per heavy atom. The summed E-state index contributed by atoms with van der Waals surface area (Å²) in [7, 11) is 0. The van der Waals surface area contributed by atoms with E-state index < -0.39 is 11.9 Å². The molecule has 19 heavy (non-hydrogen) atoms. The molecule has 0 aromatic heterocycles. The fourth-order valence-corrected chi connectivity index (χ4v) is 1.68. The van der Waals surface area contributed by atoms with Gasteiger partial charge in [-0.2, -0.15) is 0 Å². The van der Waals surface area contributed by atoms with E-state index in [-0.39, 0.29) is 0 Å². The summed E-state index contributed by atoms with van der Waals surface area (Å²) in [5, 5.41) is 0. The largest absolute Gasteiger partial charge is 0.489 e. The first-order chi connectivity index (χ1) is 9.16. The van der Waals surface area contributed by atoms with Gasteiger partial charge < -0.3 is 16.2 Å². The van der Waals surface area contributed by atoms with Gasteiger partial charge >= 0.3 is 0 Å². The zero-order valence-corrected chi connectivity index (χ0v) is 10.5. The molecule has 4 heteroatoms. The van der Waals surface area contributed by atoms with Crippen molar-refractivity contribution in [2.75, 3.05) is 0 Å². The molecule has 0 aliphatic carbocycles. The molecule has 0 fully saturated rings. The fourth-order valence-electron chi connectivity index (χ4n) is 1.68. The van der Waals surface area contributed by atoms with Crippen LogP contribution in [0, 0.1) is 0 Å². The molecule has 4 nitrogen and oxygen atoms in total. The fraction of sp³-hybridized carbons (Fsp3) is 0.133. The molecule has 0 radical (unpaired) electrons. The van der Waals surface area contributed by atoms with Crippen molar-refractivity contribution >= 4 is 5.91 Å². The molecule has 0 saturated carbocycles. The average molecular weight is 256 g/mol. The van der Waals surface area contributed by atoms with Gasteiger partial charge in [0.15, 0.2) is 0 Å². The number of carbonyl (C=O) groups is 1. The van der Waals surface area contributed by atoms with Gasteiger partial charge in [0, 0.05) is 0 Å². The number of carbonyl (C=O) groups excluding carboxylic acids is 1. The second-order valence-corrected chi connectivity index (χ2v) is 4.22. The van der Waals surface area contributed by atoms with Crippen LogP contribution >= 0.6 is 0 Å². The molecule has 0 bridgehead atoms. The minimum Gasteiger partial charge on any atom is -0.489 e. The third kappa shape index (κ3) is 3.56. The van der Waals surface area contributed by atoms with Gasteiger partial charge in [0.25, 0.3) is 0 Å². The topological polar surface area (TPSA) is 78.3 Å². The molecule has 0 aliphatic heterocycles. The Labute approximate surface area is 112 Å². The van der Waals surface area contributed by atoms with Crippen molar-refractivity contribution in [3.8, 4) is 5.75 Å². The highest BCUT2D eigenvalue weighted by molar-refractivity contribution is 5.81. The number of hydrogen-bond donors (Lipinski definition) is 2. The Bertz CT molecular complexity index is 538. The van der Waals surface area contributed by atoms with E-state index in [1.165, 1.54) is 0 Å². The molecule has 98 valence electrons. The second kappa shape index (κ2) is 6.02. The summed E-state index contributed by atoms with van der Waals surface area (Å²) in [5.41, 5.74) is 12.6. The number of rotatable bonds is 5. The van der Waals surface area contributed by atoms with Gasteiger partial charge in [0.1, 0.15) is 18.4 Å². The molecule has 0 unspecified atom stereocenters. The Kier molecular flexibility index (Phi) is 4.15. The van der Waals surface area contributed by atoms with Crippen molar-refractivity contribution in [3.05, 3.63) is 65.7 Å². The Morgan fingerprint density at radius 3 is 2.26 bits per heavy atom. The maximum Gasteiger partial charge on any atom is 0.238 e. The zero-order chi connectivity index (χ0) is 13.7. The van der Waals surface area contributed by atoms with Gasteiger partial charge in [-0.25, -0.2) is 0 Å². The minimum absolute atomic E-state index is 0.502. The lowest BCUT2D eigenvalue weighted by Gasteiger charge is -2.10. The number of nitrogens with two attached hydrogens (primary N) is 2. The predicted molar refractivity (Wildman–Crippen MR) is 73.3 cm³/mol. The van der Waals surface area contributed by atoms with Crippen LogP contribution in [0.25, 0.3) is 0 Å². The molecule has 1 atom stereocenters. The first kappa shape index (κ1) is 13.1. The van der Waals surface area contributed by atoms with E-state index in [4.69, 9.17) is 16.2 Å². The molecular weight excluding hydrogens is 240 g/mol. The number of primary amides is 1. The van der Waals surface area contributed by atoms with E-state index in [1.807, 2.05) is 30.3 Å². The van der Waals surface area contributed by atoms with Crippen LogP contribution in [0.1, 0.15) is 17.2 Å². The van der Waals surface area contributed by atoms with Crippen molar-refractivity contribution in [2.45, 2.75) is 12.6 Å². The van der Waals surface area contributed by atoms with Gasteiger partial charge in [-0.3, -0.25) is 4.79 Å². The van der Waals surface area contributed by atoms with E-state index in [0.717, 1.165) is 11.3 Å². The summed E-state index contributed by atoms with van der Waals surface area (Å²) < 4.78 is 5.63. The van der Waals surface area contributed by atoms with Crippen LogP contribution in [0.2, 0.25) is 0 Å². The lowest BCUT2D eigenvalue weighted by molar-refractivity contribution is -0.119. The maximum atomic E-state index is 11.0. The number of hydrogen-bond acceptors (Lipinski definition) is 3. The molecule has 2 rings (SSSR count). The van der Waals surface area contributed by atoms with Crippen LogP contribution in [0.3, 0.4) is 0 Å². The Morgan fingerprint density at radius 1 is 1.05 bits per heavy atom. The molecule has 0 spiro atoms. The summed E-state index contributed by atoms with van der Waals surface area (Å²) in [5.74, 6) is 0.183. The third-order valence-electron chi connectivity index (χ3n) is 2.79. The van der Waals surface area contributed by atoms with Gasteiger partial charge in [-0.05, 0) is 23.3 Å². The summed E-state index contributed by atoms with van der Waals surface area (Å²) in [6.45, 7) is 0.502. The predicted octanol–water partition coefficient (Wildman–Crippen LogP) is 1.75. The van der Waals surface area contributed by atoms with Gasteiger partial charge in [0.05, 0.1) is 0 Å². The number of benzene rings is 2. The molecular formula is C15H16N2O2. The van der Waals surface area contributed by atoms with Crippen molar-refractivity contribution in [1.82, 2.24) is 0 Å². The lowest BCUT2D eigenvalue weighted by atomic mass is 10.1. The Hall–Kier alpha value is -2.33. The Balaban J connectivity index is 1.97. The summed E-state index contributed by atoms with van der Waals surface area (Å²) >= 11 is 0. The summed E-state index contributed by atoms with van der Waals surface area (Å²) in [6.07, 6.45) is 0. The highest BCUT2D eigenvalue weighted by Gasteiger charge is 2.11. The van der Waals surface area contributed by atoms with Crippen molar-refractivity contribution in [1.29, 1.82) is 0 Å². The van der Waals surface area contributed by atoms with Crippen LogP contribution in [0.15, 0.2) is 54.6 Å². The summed E-state index contributed by atoms with van der Waals surface area (Å²) in [4.78, 5) is 11.0. The van der Waals surface area contributed by atoms with Crippen LogP contribution in [-0.4, -0.2) is 5.91 Å². The van der Waals surface area contributed by atoms with Crippen molar-refractivity contribution < 1.29 is 9.53 Å². The lowest BCUT2D eigenvalue weighted by Crippen LogP contribution is -2.28. The first-order valence-corrected chi connectivity index (χ1v) is 5.98. The molecule has 0 heterocycles. The maximum absolute atomic E-state index is 11.0. The van der Waals surface area contributed by atoms with Crippen LogP contribution in [0.5, 0.6) is 5.75 Å². The quantitative estimate of drug-likeness (QED) is 0.855. The summed E-state index contributed by atoms with van der Waals surface area (Å²) in [6, 6.07) is 16.2. The number of amides is 1. The molecule has 2 aromatic carbocycles. The van der Waals surface area contributed by atoms with E-state index in [9.17, 15) is 4.79 Å². The highest BCUT2D eigenvalue weighted by atomic mass is 16.5. The molecule has 0 aliphatic rings. The molecule has 2 aromatic rings. The molecule has 1 amide bonds. The van der Waals surface area contributed by atoms with Crippen LogP contribution in [0.4, 0.5) is 0 Å². The van der Waals surface area contributed by atoms with E-state index in [2.05, 4.69) is 0 Å². The van der Waals surface area contributed by atoms with E-state index in [1.54, 1.807) is 24.3 Å². The van der Waals surface area contributed by atoms with Crippen LogP contribution < -0.4 is 16.2 Å². The first-order valence-electron chi connectivity index (χ1n) is 5.98. The van der Waals surface area contributed by atoms with E-state index >= 15 is 0 Å². The SMILES string of the molecule is NC(=O)[C@@H](N)c1ccc(OCc2ccccc2)cc1. The smallest absolute Gasteiger partial charge is 0.238 e. The van der Waals surface area contributed by atoms with E-state index in [0.29, 0.717) is 12.2 Å². The zero-order valence-electron chi connectivity index (χ0n) is 10.5. The van der Waals surface area contributed by atoms with Gasteiger partial charge in [-0.1, -0.05) is 42.5 Å².